The molecule has 2 heterocycles. The van der Waals surface area contributed by atoms with Crippen molar-refractivity contribution < 1.29 is 9.63 Å². The van der Waals surface area contributed by atoms with Gasteiger partial charge in [0.05, 0.1) is 18.1 Å². The van der Waals surface area contributed by atoms with E-state index in [1.165, 1.54) is 0 Å². The second-order valence-corrected chi connectivity index (χ2v) is 7.07. The first-order valence-electron chi connectivity index (χ1n) is 7.02. The maximum absolute atomic E-state index is 12.9. The Kier molecular flexibility index (Phi) is 4.31. The van der Waals surface area contributed by atoms with Gasteiger partial charge in [0.2, 0.25) is 5.91 Å². The van der Waals surface area contributed by atoms with E-state index >= 15 is 0 Å². The number of thioether (sulfide) groups is 1. The molecule has 112 valence electrons. The quantitative estimate of drug-likeness (QED) is 0.781. The van der Waals surface area contributed by atoms with Crippen molar-refractivity contribution in [2.45, 2.75) is 19.1 Å². The number of carbonyl (C=O) groups is 1. The molecule has 2 aliphatic rings. The summed E-state index contributed by atoms with van der Waals surface area (Å²) in [5, 5.41) is 1.80. The third kappa shape index (κ3) is 2.73. The summed E-state index contributed by atoms with van der Waals surface area (Å²) in [6.45, 7) is 2.66. The lowest BCUT2D eigenvalue weighted by Gasteiger charge is -2.26. The van der Waals surface area contributed by atoms with Crippen LogP contribution in [0.15, 0.2) is 30.3 Å². The van der Waals surface area contributed by atoms with Crippen LogP contribution in [0.3, 0.4) is 0 Å². The van der Waals surface area contributed by atoms with Crippen molar-refractivity contribution >= 4 is 34.2 Å². The Morgan fingerprint density at radius 2 is 2.10 bits per heavy atom. The van der Waals surface area contributed by atoms with Crippen LogP contribution in [-0.4, -0.2) is 45.6 Å². The highest BCUT2D eigenvalue weighted by atomic mass is 32.2. The SMILES string of the molecule is C[C@@H]1ON(C)[C@@H](c2ccccc2)[C@H]1C(=O)N1CCSC1=S. The highest BCUT2D eigenvalue weighted by Gasteiger charge is 2.47. The topological polar surface area (TPSA) is 32.8 Å². The van der Waals surface area contributed by atoms with Crippen LogP contribution >= 0.6 is 24.0 Å². The van der Waals surface area contributed by atoms with E-state index in [1.54, 1.807) is 21.7 Å². The molecule has 0 aromatic heterocycles. The average molecular weight is 322 g/mol. The van der Waals surface area contributed by atoms with E-state index in [2.05, 4.69) is 0 Å². The summed E-state index contributed by atoms with van der Waals surface area (Å²) in [6.07, 6.45) is -0.152. The van der Waals surface area contributed by atoms with Gasteiger partial charge in [-0.05, 0) is 12.5 Å². The number of hydrogen-bond donors (Lipinski definition) is 0. The van der Waals surface area contributed by atoms with Gasteiger partial charge in [-0.1, -0.05) is 54.3 Å². The number of thiocarbonyl (C=S) groups is 1. The van der Waals surface area contributed by atoms with Crippen molar-refractivity contribution in [2.24, 2.45) is 5.92 Å². The molecule has 3 atom stereocenters. The lowest BCUT2D eigenvalue weighted by molar-refractivity contribution is -0.141. The smallest absolute Gasteiger partial charge is 0.235 e. The first kappa shape index (κ1) is 15.0. The van der Waals surface area contributed by atoms with Crippen LogP contribution in [0.25, 0.3) is 0 Å². The van der Waals surface area contributed by atoms with Crippen LogP contribution < -0.4 is 0 Å². The first-order chi connectivity index (χ1) is 10.1. The summed E-state index contributed by atoms with van der Waals surface area (Å²) < 4.78 is 0.688. The fourth-order valence-electron chi connectivity index (χ4n) is 3.05. The van der Waals surface area contributed by atoms with Gasteiger partial charge in [0, 0.05) is 19.3 Å². The fourth-order valence-corrected chi connectivity index (χ4v) is 4.27. The molecule has 0 N–H and O–H groups in total. The lowest BCUT2D eigenvalue weighted by atomic mass is 9.89. The molecule has 2 aliphatic heterocycles. The van der Waals surface area contributed by atoms with E-state index in [4.69, 9.17) is 17.1 Å². The van der Waals surface area contributed by atoms with E-state index in [1.807, 2.05) is 44.3 Å². The van der Waals surface area contributed by atoms with Crippen LogP contribution in [0.5, 0.6) is 0 Å². The normalized spacial score (nSPS) is 30.1. The van der Waals surface area contributed by atoms with Crippen molar-refractivity contribution in [3.05, 3.63) is 35.9 Å². The van der Waals surface area contributed by atoms with Gasteiger partial charge in [-0.15, -0.1) is 0 Å². The minimum Gasteiger partial charge on any atom is -0.297 e. The Morgan fingerprint density at radius 1 is 1.38 bits per heavy atom. The monoisotopic (exact) mass is 322 g/mol. The standard InChI is InChI=1S/C15H18N2O2S2/c1-10-12(14(18)17-8-9-21-15(17)20)13(16(2)19-10)11-6-4-3-5-7-11/h3-7,10,12-13H,8-9H2,1-2H3/t10-,12-,13-/m0/s1. The van der Waals surface area contributed by atoms with Gasteiger partial charge in [0.15, 0.2) is 0 Å². The fraction of sp³-hybridized carbons (Fsp3) is 0.467. The van der Waals surface area contributed by atoms with Gasteiger partial charge in [0.25, 0.3) is 0 Å². The number of hydroxylamine groups is 2. The van der Waals surface area contributed by atoms with Crippen molar-refractivity contribution in [3.8, 4) is 0 Å². The molecule has 0 aliphatic carbocycles. The third-order valence-corrected chi connectivity index (χ3v) is 5.45. The Bertz CT molecular complexity index is 552. The molecule has 4 nitrogen and oxygen atoms in total. The summed E-state index contributed by atoms with van der Waals surface area (Å²) in [4.78, 5) is 20.4. The number of benzene rings is 1. The van der Waals surface area contributed by atoms with Crippen LogP contribution in [0.1, 0.15) is 18.5 Å². The van der Waals surface area contributed by atoms with Crippen LogP contribution in [0, 0.1) is 5.92 Å². The van der Waals surface area contributed by atoms with Crippen molar-refractivity contribution in [1.82, 2.24) is 9.96 Å². The minimum absolute atomic E-state index is 0.0675. The zero-order valence-electron chi connectivity index (χ0n) is 12.1. The summed E-state index contributed by atoms with van der Waals surface area (Å²) >= 11 is 6.86. The minimum atomic E-state index is -0.228. The number of carbonyl (C=O) groups excluding carboxylic acids is 1. The van der Waals surface area contributed by atoms with Gasteiger partial charge >= 0.3 is 0 Å². The third-order valence-electron chi connectivity index (χ3n) is 4.02. The molecule has 0 spiro atoms. The molecule has 2 saturated heterocycles. The molecule has 0 bridgehead atoms. The number of rotatable bonds is 2. The van der Waals surface area contributed by atoms with E-state index in [0.29, 0.717) is 10.9 Å². The summed E-state index contributed by atoms with van der Waals surface area (Å²) in [7, 11) is 1.89. The molecule has 21 heavy (non-hydrogen) atoms. The average Bonchev–Trinajstić information content (AvgIpc) is 3.02. The van der Waals surface area contributed by atoms with Gasteiger partial charge in [-0.3, -0.25) is 14.5 Å². The summed E-state index contributed by atoms with van der Waals surface area (Å²) in [6, 6.07) is 9.97. The number of hydrogen-bond acceptors (Lipinski definition) is 5. The van der Waals surface area contributed by atoms with Crippen molar-refractivity contribution in [2.75, 3.05) is 19.3 Å². The zero-order chi connectivity index (χ0) is 15.0. The Hall–Kier alpha value is -0.950. The molecule has 1 amide bonds. The molecule has 0 radical (unpaired) electrons. The maximum atomic E-state index is 12.9. The van der Waals surface area contributed by atoms with E-state index < -0.39 is 0 Å². The van der Waals surface area contributed by atoms with E-state index in [0.717, 1.165) is 11.3 Å². The molecule has 6 heteroatoms. The predicted octanol–water partition coefficient (Wildman–Crippen LogP) is 2.47. The van der Waals surface area contributed by atoms with Crippen molar-refractivity contribution in [3.63, 3.8) is 0 Å². The zero-order valence-corrected chi connectivity index (χ0v) is 13.7. The van der Waals surface area contributed by atoms with E-state index in [9.17, 15) is 4.79 Å². The molecule has 3 rings (SSSR count). The van der Waals surface area contributed by atoms with Gasteiger partial charge < -0.3 is 0 Å². The predicted molar refractivity (Wildman–Crippen MR) is 87.8 cm³/mol. The molecule has 1 aromatic rings. The lowest BCUT2D eigenvalue weighted by Crippen LogP contribution is -2.41. The number of amides is 1. The number of nitrogens with zero attached hydrogens (tertiary/aromatic N) is 2. The second-order valence-electron chi connectivity index (χ2n) is 5.34. The van der Waals surface area contributed by atoms with Gasteiger partial charge in [-0.2, -0.15) is 5.06 Å². The highest BCUT2D eigenvalue weighted by Crippen LogP contribution is 2.40. The summed E-state index contributed by atoms with van der Waals surface area (Å²) in [5.41, 5.74) is 1.10. The largest absolute Gasteiger partial charge is 0.297 e. The Labute approximate surface area is 134 Å². The maximum Gasteiger partial charge on any atom is 0.235 e. The first-order valence-corrected chi connectivity index (χ1v) is 8.41. The molecule has 2 fully saturated rings. The second kappa shape index (κ2) is 6.04. The molecular weight excluding hydrogens is 304 g/mol. The van der Waals surface area contributed by atoms with Gasteiger partial charge in [0.1, 0.15) is 4.32 Å². The molecule has 0 unspecified atom stereocenters. The van der Waals surface area contributed by atoms with E-state index in [-0.39, 0.29) is 24.0 Å². The highest BCUT2D eigenvalue weighted by molar-refractivity contribution is 8.23. The molecular formula is C15H18N2O2S2. The van der Waals surface area contributed by atoms with Crippen molar-refractivity contribution in [1.29, 1.82) is 0 Å². The summed E-state index contributed by atoms with van der Waals surface area (Å²) in [5.74, 6) is 0.739. The van der Waals surface area contributed by atoms with Crippen LogP contribution in [-0.2, 0) is 9.63 Å². The van der Waals surface area contributed by atoms with Gasteiger partial charge in [-0.25, -0.2) is 0 Å². The molecule has 0 saturated carbocycles. The van der Waals surface area contributed by atoms with Crippen LogP contribution in [0.2, 0.25) is 0 Å². The Balaban J connectivity index is 1.90. The Morgan fingerprint density at radius 3 is 2.71 bits per heavy atom. The van der Waals surface area contributed by atoms with Crippen LogP contribution in [0.4, 0.5) is 0 Å². The molecule has 1 aromatic carbocycles.